The molecule has 0 fully saturated rings. The summed E-state index contributed by atoms with van der Waals surface area (Å²) in [5.41, 5.74) is 0. The highest BCUT2D eigenvalue weighted by molar-refractivity contribution is 6.14. The van der Waals surface area contributed by atoms with Crippen LogP contribution in [0, 0.1) is 0 Å². The summed E-state index contributed by atoms with van der Waals surface area (Å²) in [5.74, 6) is -0.395. The minimum absolute atomic E-state index is 0.000497. The summed E-state index contributed by atoms with van der Waals surface area (Å²) < 4.78 is 14.9. The number of carbonyl (C=O) groups excluding carboxylic acids is 1. The van der Waals surface area contributed by atoms with E-state index in [9.17, 15) is 4.79 Å². The summed E-state index contributed by atoms with van der Waals surface area (Å²) in [6, 6.07) is 0. The average Bonchev–Trinajstić information content (AvgIpc) is 2.17. The van der Waals surface area contributed by atoms with Crippen LogP contribution in [-0.4, -0.2) is 45.5 Å². The molecule has 5 nitrogen and oxygen atoms in total. The molecular formula is C8H16ClNO4. The third-order valence-electron chi connectivity index (χ3n) is 1.28. The van der Waals surface area contributed by atoms with E-state index in [0.29, 0.717) is 26.4 Å². The van der Waals surface area contributed by atoms with Gasteiger partial charge in [-0.15, -0.1) is 0 Å². The molecule has 0 bridgehead atoms. The summed E-state index contributed by atoms with van der Waals surface area (Å²) in [7, 11) is 0. The SMILES string of the molecule is CCOCCOCCOC(=O)CNCl. The second-order valence-electron chi connectivity index (χ2n) is 2.34. The summed E-state index contributed by atoms with van der Waals surface area (Å²) in [4.78, 5) is 12.9. The van der Waals surface area contributed by atoms with Crippen molar-refractivity contribution < 1.29 is 19.0 Å². The van der Waals surface area contributed by atoms with Gasteiger partial charge in [-0.05, 0) is 18.7 Å². The van der Waals surface area contributed by atoms with Crippen LogP contribution in [0.1, 0.15) is 6.92 Å². The summed E-state index contributed by atoms with van der Waals surface area (Å²) in [5, 5.41) is 0. The molecule has 0 aromatic rings. The zero-order valence-electron chi connectivity index (χ0n) is 8.25. The first-order chi connectivity index (χ1) is 6.81. The minimum atomic E-state index is -0.395. The molecule has 0 unspecified atom stereocenters. The molecule has 0 atom stereocenters. The van der Waals surface area contributed by atoms with E-state index in [0.717, 1.165) is 0 Å². The van der Waals surface area contributed by atoms with Crippen molar-refractivity contribution in [2.24, 2.45) is 0 Å². The molecule has 0 aliphatic rings. The largest absolute Gasteiger partial charge is 0.462 e. The molecule has 0 aromatic carbocycles. The number of rotatable bonds is 9. The van der Waals surface area contributed by atoms with Gasteiger partial charge < -0.3 is 14.2 Å². The van der Waals surface area contributed by atoms with Crippen LogP contribution in [0.15, 0.2) is 0 Å². The molecule has 0 aliphatic carbocycles. The summed E-state index contributed by atoms with van der Waals surface area (Å²) >= 11 is 5.10. The predicted octanol–water partition coefficient (Wildman–Crippen LogP) is 0.326. The van der Waals surface area contributed by atoms with Gasteiger partial charge in [0.05, 0.1) is 19.8 Å². The third kappa shape index (κ3) is 9.73. The lowest BCUT2D eigenvalue weighted by Gasteiger charge is -2.05. The molecule has 0 aliphatic heterocycles. The fraction of sp³-hybridized carbons (Fsp3) is 0.875. The van der Waals surface area contributed by atoms with Crippen molar-refractivity contribution in [2.45, 2.75) is 6.92 Å². The van der Waals surface area contributed by atoms with E-state index in [-0.39, 0.29) is 13.2 Å². The van der Waals surface area contributed by atoms with Gasteiger partial charge in [-0.2, -0.15) is 0 Å². The lowest BCUT2D eigenvalue weighted by molar-refractivity contribution is -0.143. The quantitative estimate of drug-likeness (QED) is 0.348. The Kier molecular flexibility index (Phi) is 10.4. The maximum absolute atomic E-state index is 10.7. The Morgan fingerprint density at radius 3 is 2.50 bits per heavy atom. The van der Waals surface area contributed by atoms with E-state index in [4.69, 9.17) is 26.0 Å². The monoisotopic (exact) mass is 225 g/mol. The molecule has 0 saturated heterocycles. The molecule has 0 rings (SSSR count). The molecule has 1 N–H and O–H groups in total. The second kappa shape index (κ2) is 10.7. The van der Waals surface area contributed by atoms with Crippen LogP contribution in [0.3, 0.4) is 0 Å². The summed E-state index contributed by atoms with van der Waals surface area (Å²) in [6.45, 7) is 4.29. The fourth-order valence-electron chi connectivity index (χ4n) is 0.684. The zero-order valence-corrected chi connectivity index (χ0v) is 9.01. The van der Waals surface area contributed by atoms with Gasteiger partial charge in [0.25, 0.3) is 0 Å². The Bertz CT molecular complexity index is 145. The minimum Gasteiger partial charge on any atom is -0.462 e. The van der Waals surface area contributed by atoms with Crippen LogP contribution >= 0.6 is 11.8 Å². The number of ether oxygens (including phenoxy) is 3. The third-order valence-corrected chi connectivity index (χ3v) is 1.41. The van der Waals surface area contributed by atoms with Crippen molar-refractivity contribution in [3.63, 3.8) is 0 Å². The number of hydrogen-bond acceptors (Lipinski definition) is 5. The Labute approximate surface area is 88.8 Å². The van der Waals surface area contributed by atoms with Gasteiger partial charge in [0.15, 0.2) is 0 Å². The molecule has 6 heteroatoms. The fourth-order valence-corrected chi connectivity index (χ4v) is 0.793. The Morgan fingerprint density at radius 1 is 1.21 bits per heavy atom. The standard InChI is InChI=1S/C8H16ClNO4/c1-2-12-3-4-13-5-6-14-8(11)7-10-9/h10H,2-7H2,1H3. The molecule has 0 amide bonds. The van der Waals surface area contributed by atoms with Crippen LogP contribution < -0.4 is 4.84 Å². The first kappa shape index (κ1) is 13.6. The zero-order chi connectivity index (χ0) is 10.6. The van der Waals surface area contributed by atoms with Crippen molar-refractivity contribution in [3.05, 3.63) is 0 Å². The molecule has 0 saturated carbocycles. The Balaban J connectivity index is 3.01. The highest BCUT2D eigenvalue weighted by Crippen LogP contribution is 1.82. The van der Waals surface area contributed by atoms with E-state index in [1.54, 1.807) is 0 Å². The van der Waals surface area contributed by atoms with Gasteiger partial charge in [0, 0.05) is 6.61 Å². The molecule has 0 heterocycles. The number of nitrogens with one attached hydrogen (secondary N) is 1. The number of esters is 1. The number of carbonyl (C=O) groups is 1. The van der Waals surface area contributed by atoms with E-state index < -0.39 is 5.97 Å². The highest BCUT2D eigenvalue weighted by atomic mass is 35.5. The van der Waals surface area contributed by atoms with Crippen molar-refractivity contribution in [2.75, 3.05) is 39.6 Å². The van der Waals surface area contributed by atoms with E-state index in [1.807, 2.05) is 6.92 Å². The first-order valence-corrected chi connectivity index (χ1v) is 4.83. The Morgan fingerprint density at radius 2 is 1.86 bits per heavy atom. The average molecular weight is 226 g/mol. The smallest absolute Gasteiger partial charge is 0.321 e. The van der Waals surface area contributed by atoms with E-state index in [1.165, 1.54) is 0 Å². The maximum Gasteiger partial charge on any atom is 0.321 e. The summed E-state index contributed by atoms with van der Waals surface area (Å²) in [6.07, 6.45) is 0. The number of hydrogen-bond donors (Lipinski definition) is 1. The number of halogens is 1. The molecule has 0 spiro atoms. The maximum atomic E-state index is 10.7. The van der Waals surface area contributed by atoms with Gasteiger partial charge in [0.2, 0.25) is 0 Å². The molecule has 84 valence electrons. The normalized spacial score (nSPS) is 10.1. The Hall–Kier alpha value is -0.360. The lowest BCUT2D eigenvalue weighted by Crippen LogP contribution is -2.20. The second-order valence-corrected chi connectivity index (χ2v) is 2.61. The van der Waals surface area contributed by atoms with Gasteiger partial charge in [-0.3, -0.25) is 4.79 Å². The topological polar surface area (TPSA) is 56.8 Å². The van der Waals surface area contributed by atoms with Crippen molar-refractivity contribution in [1.82, 2.24) is 4.84 Å². The van der Waals surface area contributed by atoms with Crippen molar-refractivity contribution in [1.29, 1.82) is 0 Å². The molecular weight excluding hydrogens is 210 g/mol. The van der Waals surface area contributed by atoms with Crippen LogP contribution in [0.4, 0.5) is 0 Å². The van der Waals surface area contributed by atoms with Gasteiger partial charge >= 0.3 is 5.97 Å². The lowest BCUT2D eigenvalue weighted by atomic mass is 10.6. The van der Waals surface area contributed by atoms with E-state index >= 15 is 0 Å². The highest BCUT2D eigenvalue weighted by Gasteiger charge is 1.99. The van der Waals surface area contributed by atoms with E-state index in [2.05, 4.69) is 4.84 Å². The van der Waals surface area contributed by atoms with Gasteiger partial charge in [-0.25, -0.2) is 4.84 Å². The van der Waals surface area contributed by atoms with Crippen molar-refractivity contribution >= 4 is 17.7 Å². The van der Waals surface area contributed by atoms with Crippen LogP contribution in [-0.2, 0) is 19.0 Å². The molecule has 0 aromatic heterocycles. The molecule has 14 heavy (non-hydrogen) atoms. The predicted molar refractivity (Wildman–Crippen MR) is 52.1 cm³/mol. The van der Waals surface area contributed by atoms with Crippen LogP contribution in [0.25, 0.3) is 0 Å². The van der Waals surface area contributed by atoms with Crippen LogP contribution in [0.2, 0.25) is 0 Å². The van der Waals surface area contributed by atoms with Crippen LogP contribution in [0.5, 0.6) is 0 Å². The first-order valence-electron chi connectivity index (χ1n) is 4.45. The molecule has 0 radical (unpaired) electrons. The van der Waals surface area contributed by atoms with Crippen molar-refractivity contribution in [3.8, 4) is 0 Å². The van der Waals surface area contributed by atoms with Gasteiger partial charge in [0.1, 0.15) is 13.2 Å². The van der Waals surface area contributed by atoms with Gasteiger partial charge in [-0.1, -0.05) is 0 Å².